The molecule has 3 N–H and O–H groups in total. The van der Waals surface area contributed by atoms with Gasteiger partial charge in [-0.05, 0) is 5.41 Å². The Morgan fingerprint density at radius 3 is 2.46 bits per heavy atom. The van der Waals surface area contributed by atoms with Crippen molar-refractivity contribution < 1.29 is 0 Å². The molecule has 1 heterocycles. The Morgan fingerprint density at radius 2 is 2.15 bits per heavy atom. The van der Waals surface area contributed by atoms with E-state index < -0.39 is 0 Å². The van der Waals surface area contributed by atoms with Crippen molar-refractivity contribution in [3.05, 3.63) is 18.0 Å². The number of hydrazine groups is 1. The van der Waals surface area contributed by atoms with Crippen molar-refractivity contribution in [3.63, 3.8) is 0 Å². The fourth-order valence-electron chi connectivity index (χ4n) is 1.44. The Bertz CT molecular complexity index is 271. The smallest absolute Gasteiger partial charge is 0.0539 e. The molecule has 0 bridgehead atoms. The lowest BCUT2D eigenvalue weighted by Crippen LogP contribution is -2.36. The van der Waals surface area contributed by atoms with Gasteiger partial charge in [0.25, 0.3) is 0 Å². The fourth-order valence-corrected chi connectivity index (χ4v) is 1.44. The molecule has 0 saturated heterocycles. The van der Waals surface area contributed by atoms with Crippen LogP contribution in [-0.2, 0) is 7.05 Å². The highest BCUT2D eigenvalue weighted by Gasteiger charge is 2.25. The normalized spacial score (nSPS) is 14.5. The summed E-state index contributed by atoms with van der Waals surface area (Å²) >= 11 is 0. The van der Waals surface area contributed by atoms with E-state index in [0.717, 1.165) is 5.56 Å². The number of rotatable bonds is 2. The molecule has 1 atom stereocenters. The minimum atomic E-state index is 0.0950. The van der Waals surface area contributed by atoms with Crippen LogP contribution in [0.5, 0.6) is 0 Å². The van der Waals surface area contributed by atoms with Crippen LogP contribution < -0.4 is 11.3 Å². The molecule has 0 saturated carbocycles. The number of nitrogens with zero attached hydrogens (tertiary/aromatic N) is 2. The summed E-state index contributed by atoms with van der Waals surface area (Å²) in [6.07, 6.45) is 3.82. The molecule has 74 valence electrons. The van der Waals surface area contributed by atoms with Gasteiger partial charge in [0.15, 0.2) is 0 Å². The van der Waals surface area contributed by atoms with Crippen LogP contribution in [0.25, 0.3) is 0 Å². The van der Waals surface area contributed by atoms with Gasteiger partial charge < -0.3 is 0 Å². The van der Waals surface area contributed by atoms with Crippen molar-refractivity contribution >= 4 is 0 Å². The zero-order chi connectivity index (χ0) is 10.1. The Labute approximate surface area is 79.1 Å². The third-order valence-corrected chi connectivity index (χ3v) is 2.09. The summed E-state index contributed by atoms with van der Waals surface area (Å²) in [4.78, 5) is 0. The average Bonchev–Trinajstić information content (AvgIpc) is 2.34. The lowest BCUT2D eigenvalue weighted by Gasteiger charge is -2.28. The summed E-state index contributed by atoms with van der Waals surface area (Å²) in [6, 6.07) is 0.140. The monoisotopic (exact) mass is 182 g/mol. The maximum absolute atomic E-state index is 5.51. The maximum Gasteiger partial charge on any atom is 0.0539 e. The Morgan fingerprint density at radius 1 is 1.54 bits per heavy atom. The second-order valence-electron chi connectivity index (χ2n) is 4.41. The number of nitrogens with two attached hydrogens (primary N) is 1. The molecule has 0 aliphatic heterocycles. The largest absolute Gasteiger partial charge is 0.275 e. The Kier molecular flexibility index (Phi) is 2.73. The van der Waals surface area contributed by atoms with Crippen LogP contribution in [0.4, 0.5) is 0 Å². The van der Waals surface area contributed by atoms with Crippen molar-refractivity contribution in [2.45, 2.75) is 26.8 Å². The summed E-state index contributed by atoms with van der Waals surface area (Å²) in [5, 5.41) is 4.12. The van der Waals surface area contributed by atoms with Gasteiger partial charge in [0.1, 0.15) is 0 Å². The summed E-state index contributed by atoms with van der Waals surface area (Å²) in [7, 11) is 1.90. The van der Waals surface area contributed by atoms with Gasteiger partial charge in [-0.2, -0.15) is 5.10 Å². The zero-order valence-electron chi connectivity index (χ0n) is 8.70. The van der Waals surface area contributed by atoms with E-state index in [2.05, 4.69) is 31.3 Å². The standard InChI is InChI=1S/C9H18N4/c1-9(2,3)8(12-10)7-5-11-13(4)6-7/h5-6,8,12H,10H2,1-4H3. The van der Waals surface area contributed by atoms with Crippen LogP contribution in [0.1, 0.15) is 32.4 Å². The minimum absolute atomic E-state index is 0.0950. The van der Waals surface area contributed by atoms with Crippen LogP contribution in [0.2, 0.25) is 0 Å². The average molecular weight is 182 g/mol. The van der Waals surface area contributed by atoms with Crippen LogP contribution in [-0.4, -0.2) is 9.78 Å². The second-order valence-corrected chi connectivity index (χ2v) is 4.41. The van der Waals surface area contributed by atoms with Gasteiger partial charge in [-0.1, -0.05) is 20.8 Å². The van der Waals surface area contributed by atoms with Gasteiger partial charge >= 0.3 is 0 Å². The molecule has 1 rings (SSSR count). The third kappa shape index (κ3) is 2.29. The number of aryl methyl sites for hydroxylation is 1. The molecule has 0 radical (unpaired) electrons. The highest BCUT2D eigenvalue weighted by atomic mass is 15.3. The lowest BCUT2D eigenvalue weighted by atomic mass is 9.84. The van der Waals surface area contributed by atoms with E-state index in [1.54, 1.807) is 4.68 Å². The summed E-state index contributed by atoms with van der Waals surface area (Å²) in [5.41, 5.74) is 4.04. The number of hydrogen-bond donors (Lipinski definition) is 2. The summed E-state index contributed by atoms with van der Waals surface area (Å²) in [5.74, 6) is 5.51. The molecule has 1 aromatic rings. The molecule has 0 aromatic carbocycles. The fraction of sp³-hybridized carbons (Fsp3) is 0.667. The van der Waals surface area contributed by atoms with Crippen LogP contribution in [0, 0.1) is 5.41 Å². The van der Waals surface area contributed by atoms with Crippen LogP contribution >= 0.6 is 0 Å². The SMILES string of the molecule is Cn1cc(C(NN)C(C)(C)C)cn1. The molecule has 0 amide bonds. The second kappa shape index (κ2) is 3.47. The maximum atomic E-state index is 5.51. The van der Waals surface area contributed by atoms with E-state index in [-0.39, 0.29) is 11.5 Å². The quantitative estimate of drug-likeness (QED) is 0.529. The lowest BCUT2D eigenvalue weighted by molar-refractivity contribution is 0.275. The van der Waals surface area contributed by atoms with Gasteiger partial charge in [0.05, 0.1) is 12.2 Å². The molecule has 0 aliphatic rings. The molecule has 0 fully saturated rings. The molecule has 1 aromatic heterocycles. The minimum Gasteiger partial charge on any atom is -0.275 e. The van der Waals surface area contributed by atoms with E-state index in [9.17, 15) is 0 Å². The molecule has 13 heavy (non-hydrogen) atoms. The highest BCUT2D eigenvalue weighted by molar-refractivity contribution is 5.12. The first-order valence-corrected chi connectivity index (χ1v) is 4.40. The van der Waals surface area contributed by atoms with Crippen molar-refractivity contribution in [2.24, 2.45) is 18.3 Å². The first kappa shape index (κ1) is 10.2. The molecule has 1 unspecified atom stereocenters. The number of nitrogens with one attached hydrogen (secondary N) is 1. The van der Waals surface area contributed by atoms with E-state index in [1.807, 2.05) is 19.4 Å². The van der Waals surface area contributed by atoms with E-state index in [0.29, 0.717) is 0 Å². The van der Waals surface area contributed by atoms with Crippen LogP contribution in [0.3, 0.4) is 0 Å². The highest BCUT2D eigenvalue weighted by Crippen LogP contribution is 2.31. The molecule has 0 spiro atoms. The van der Waals surface area contributed by atoms with Crippen LogP contribution in [0.15, 0.2) is 12.4 Å². The van der Waals surface area contributed by atoms with Gasteiger partial charge in [0.2, 0.25) is 0 Å². The van der Waals surface area contributed by atoms with Crippen molar-refractivity contribution in [3.8, 4) is 0 Å². The van der Waals surface area contributed by atoms with Crippen molar-refractivity contribution in [1.82, 2.24) is 15.2 Å². The number of hydrogen-bond acceptors (Lipinski definition) is 3. The van der Waals surface area contributed by atoms with E-state index in [1.165, 1.54) is 0 Å². The van der Waals surface area contributed by atoms with E-state index >= 15 is 0 Å². The van der Waals surface area contributed by atoms with Gasteiger partial charge in [-0.25, -0.2) is 0 Å². The number of aromatic nitrogens is 2. The molecule has 4 nitrogen and oxygen atoms in total. The zero-order valence-corrected chi connectivity index (χ0v) is 8.70. The molecule has 4 heteroatoms. The first-order valence-electron chi connectivity index (χ1n) is 4.40. The summed E-state index contributed by atoms with van der Waals surface area (Å²) < 4.78 is 1.78. The Balaban J connectivity index is 2.91. The van der Waals surface area contributed by atoms with Gasteiger partial charge in [0, 0.05) is 18.8 Å². The molecular weight excluding hydrogens is 164 g/mol. The third-order valence-electron chi connectivity index (χ3n) is 2.09. The summed E-state index contributed by atoms with van der Waals surface area (Å²) in [6.45, 7) is 6.43. The van der Waals surface area contributed by atoms with Gasteiger partial charge in [-0.15, -0.1) is 0 Å². The van der Waals surface area contributed by atoms with Crippen molar-refractivity contribution in [1.29, 1.82) is 0 Å². The van der Waals surface area contributed by atoms with Gasteiger partial charge in [-0.3, -0.25) is 16.0 Å². The topological polar surface area (TPSA) is 55.9 Å². The van der Waals surface area contributed by atoms with Crippen molar-refractivity contribution in [2.75, 3.05) is 0 Å². The molecular formula is C9H18N4. The predicted octanol–water partition coefficient (Wildman–Crippen LogP) is 0.971. The first-order chi connectivity index (χ1) is 5.95. The molecule has 0 aliphatic carbocycles. The predicted molar refractivity (Wildman–Crippen MR) is 52.7 cm³/mol. The Hall–Kier alpha value is -0.870. The van der Waals surface area contributed by atoms with E-state index in [4.69, 9.17) is 5.84 Å².